The van der Waals surface area contributed by atoms with E-state index in [-0.39, 0.29) is 11.1 Å². The van der Waals surface area contributed by atoms with Gasteiger partial charge in [-0.3, -0.25) is 11.3 Å². The Morgan fingerprint density at radius 2 is 2.29 bits per heavy atom. The molecule has 0 heterocycles. The highest BCUT2D eigenvalue weighted by molar-refractivity contribution is 6.31. The van der Waals surface area contributed by atoms with Crippen LogP contribution in [0.2, 0.25) is 5.02 Å². The van der Waals surface area contributed by atoms with E-state index in [9.17, 15) is 4.39 Å². The molecule has 3 N–H and O–H groups in total. The Labute approximate surface area is 106 Å². The summed E-state index contributed by atoms with van der Waals surface area (Å²) in [6.07, 6.45) is 1.34. The normalized spacial score (nSPS) is 12.7. The molecule has 0 aliphatic rings. The molecule has 0 bridgehead atoms. The fourth-order valence-corrected chi connectivity index (χ4v) is 1.79. The molecular weight excluding hydrogens is 243 g/mol. The topological polar surface area (TPSA) is 47.3 Å². The second-order valence-electron chi connectivity index (χ2n) is 3.77. The van der Waals surface area contributed by atoms with Gasteiger partial charge in [0.15, 0.2) is 0 Å². The van der Waals surface area contributed by atoms with E-state index >= 15 is 0 Å². The zero-order chi connectivity index (χ0) is 12.7. The van der Waals surface area contributed by atoms with E-state index in [0.717, 1.165) is 12.0 Å². The smallest absolute Gasteiger partial charge is 0.142 e. The predicted octanol–water partition coefficient (Wildman–Crippen LogP) is 2.28. The molecule has 17 heavy (non-hydrogen) atoms. The first-order valence-electron chi connectivity index (χ1n) is 5.65. The molecule has 5 heteroatoms. The summed E-state index contributed by atoms with van der Waals surface area (Å²) >= 11 is 5.88. The van der Waals surface area contributed by atoms with E-state index in [1.165, 1.54) is 6.07 Å². The molecule has 0 amide bonds. The molecule has 1 unspecified atom stereocenters. The highest BCUT2D eigenvalue weighted by Crippen LogP contribution is 2.21. The summed E-state index contributed by atoms with van der Waals surface area (Å²) in [6.45, 7) is 3.24. The first-order chi connectivity index (χ1) is 8.19. The summed E-state index contributed by atoms with van der Waals surface area (Å²) in [7, 11) is 0. The first kappa shape index (κ1) is 14.4. The lowest BCUT2D eigenvalue weighted by atomic mass is 10.0. The summed E-state index contributed by atoms with van der Waals surface area (Å²) in [5, 5.41) is 0.171. The Kier molecular flexibility index (Phi) is 6.44. The third-order valence-electron chi connectivity index (χ3n) is 2.55. The number of halogens is 2. The molecule has 3 nitrogen and oxygen atoms in total. The van der Waals surface area contributed by atoms with Crippen molar-refractivity contribution in [2.75, 3.05) is 13.2 Å². The average molecular weight is 261 g/mol. The van der Waals surface area contributed by atoms with Crippen LogP contribution in [0.5, 0.6) is 0 Å². The molecule has 0 saturated heterocycles. The summed E-state index contributed by atoms with van der Waals surface area (Å²) in [4.78, 5) is 0. The lowest BCUT2D eigenvalue weighted by Crippen LogP contribution is -2.37. The summed E-state index contributed by atoms with van der Waals surface area (Å²) < 4.78 is 18.5. The number of hydrogen-bond donors (Lipinski definition) is 2. The Balaban J connectivity index is 2.57. The second-order valence-corrected chi connectivity index (χ2v) is 4.14. The van der Waals surface area contributed by atoms with Gasteiger partial charge in [-0.15, -0.1) is 0 Å². The van der Waals surface area contributed by atoms with Crippen LogP contribution in [0.1, 0.15) is 18.9 Å². The highest BCUT2D eigenvalue weighted by Gasteiger charge is 2.12. The molecule has 1 aromatic rings. The Morgan fingerprint density at radius 1 is 1.53 bits per heavy atom. The molecule has 1 aromatic carbocycles. The third-order valence-corrected chi connectivity index (χ3v) is 2.97. The quantitative estimate of drug-likeness (QED) is 0.449. The van der Waals surface area contributed by atoms with Crippen molar-refractivity contribution >= 4 is 11.6 Å². The van der Waals surface area contributed by atoms with Crippen LogP contribution in [-0.2, 0) is 11.2 Å². The second kappa shape index (κ2) is 7.61. The minimum atomic E-state index is -0.398. The van der Waals surface area contributed by atoms with Gasteiger partial charge in [-0.05, 0) is 31.4 Å². The third kappa shape index (κ3) is 4.60. The summed E-state index contributed by atoms with van der Waals surface area (Å²) in [5.74, 6) is 5.05. The Morgan fingerprint density at radius 3 is 2.94 bits per heavy atom. The van der Waals surface area contributed by atoms with Crippen LogP contribution >= 0.6 is 11.6 Å². The van der Waals surface area contributed by atoms with Crippen molar-refractivity contribution in [3.63, 3.8) is 0 Å². The zero-order valence-corrected chi connectivity index (χ0v) is 10.6. The maximum absolute atomic E-state index is 13.2. The van der Waals surface area contributed by atoms with E-state index in [2.05, 4.69) is 5.43 Å². The van der Waals surface area contributed by atoms with Crippen molar-refractivity contribution in [2.45, 2.75) is 25.8 Å². The van der Waals surface area contributed by atoms with Crippen LogP contribution in [0, 0.1) is 5.82 Å². The standard InChI is InChI=1S/C12H18ClFN2O/c1-2-17-7-6-10(16-15)8-9-4-3-5-11(14)12(9)13/h3-5,10,16H,2,6-8,15H2,1H3. The number of nitrogens with one attached hydrogen (secondary N) is 1. The monoisotopic (exact) mass is 260 g/mol. The molecule has 0 aliphatic heterocycles. The van der Waals surface area contributed by atoms with Crippen molar-refractivity contribution in [1.82, 2.24) is 5.43 Å². The van der Waals surface area contributed by atoms with Crippen LogP contribution in [0.15, 0.2) is 18.2 Å². The van der Waals surface area contributed by atoms with E-state index in [4.69, 9.17) is 22.2 Å². The Hall–Kier alpha value is -0.680. The lowest BCUT2D eigenvalue weighted by Gasteiger charge is -2.16. The largest absolute Gasteiger partial charge is 0.382 e. The minimum Gasteiger partial charge on any atom is -0.382 e. The van der Waals surface area contributed by atoms with E-state index < -0.39 is 5.82 Å². The van der Waals surface area contributed by atoms with Crippen molar-refractivity contribution in [2.24, 2.45) is 5.84 Å². The van der Waals surface area contributed by atoms with Crippen molar-refractivity contribution in [3.8, 4) is 0 Å². The van der Waals surface area contributed by atoms with Gasteiger partial charge in [0.2, 0.25) is 0 Å². The molecule has 0 spiro atoms. The van der Waals surface area contributed by atoms with E-state index in [1.54, 1.807) is 12.1 Å². The van der Waals surface area contributed by atoms with Crippen molar-refractivity contribution in [3.05, 3.63) is 34.6 Å². The highest BCUT2D eigenvalue weighted by atomic mass is 35.5. The molecule has 0 aliphatic carbocycles. The number of nitrogens with two attached hydrogens (primary N) is 1. The number of rotatable bonds is 7. The number of hydrogen-bond acceptors (Lipinski definition) is 3. The number of hydrazine groups is 1. The van der Waals surface area contributed by atoms with Crippen molar-refractivity contribution in [1.29, 1.82) is 0 Å². The van der Waals surface area contributed by atoms with Gasteiger partial charge in [0.25, 0.3) is 0 Å². The molecule has 96 valence electrons. The molecule has 0 saturated carbocycles. The molecule has 0 fully saturated rings. The maximum atomic E-state index is 13.2. The van der Waals surface area contributed by atoms with E-state index in [0.29, 0.717) is 19.6 Å². The predicted molar refractivity (Wildman–Crippen MR) is 67.3 cm³/mol. The van der Waals surface area contributed by atoms with Gasteiger partial charge in [0, 0.05) is 19.3 Å². The minimum absolute atomic E-state index is 0.0286. The van der Waals surface area contributed by atoms with Gasteiger partial charge in [-0.2, -0.15) is 0 Å². The van der Waals surface area contributed by atoms with Gasteiger partial charge in [0.1, 0.15) is 5.82 Å². The molecule has 0 aromatic heterocycles. The van der Waals surface area contributed by atoms with Crippen LogP contribution < -0.4 is 11.3 Å². The first-order valence-corrected chi connectivity index (χ1v) is 6.03. The average Bonchev–Trinajstić information content (AvgIpc) is 2.33. The van der Waals surface area contributed by atoms with Gasteiger partial charge in [0.05, 0.1) is 5.02 Å². The molecular formula is C12H18ClFN2O. The number of benzene rings is 1. The van der Waals surface area contributed by atoms with Crippen LogP contribution in [0.4, 0.5) is 4.39 Å². The van der Waals surface area contributed by atoms with Crippen LogP contribution in [0.25, 0.3) is 0 Å². The van der Waals surface area contributed by atoms with Crippen LogP contribution in [-0.4, -0.2) is 19.3 Å². The molecule has 0 radical (unpaired) electrons. The Bertz CT molecular complexity index is 349. The van der Waals surface area contributed by atoms with Gasteiger partial charge in [-0.25, -0.2) is 4.39 Å². The SMILES string of the molecule is CCOCCC(Cc1cccc(F)c1Cl)NN. The van der Waals surface area contributed by atoms with E-state index in [1.807, 2.05) is 6.92 Å². The number of ether oxygens (including phenoxy) is 1. The molecule has 1 rings (SSSR count). The van der Waals surface area contributed by atoms with Crippen molar-refractivity contribution < 1.29 is 9.13 Å². The lowest BCUT2D eigenvalue weighted by molar-refractivity contribution is 0.136. The summed E-state index contributed by atoms with van der Waals surface area (Å²) in [5.41, 5.74) is 3.45. The van der Waals surface area contributed by atoms with Gasteiger partial charge < -0.3 is 4.74 Å². The maximum Gasteiger partial charge on any atom is 0.142 e. The zero-order valence-electron chi connectivity index (χ0n) is 9.88. The summed E-state index contributed by atoms with van der Waals surface area (Å²) in [6, 6.07) is 4.82. The van der Waals surface area contributed by atoms with Gasteiger partial charge in [-0.1, -0.05) is 23.7 Å². The molecule has 1 atom stereocenters. The van der Waals surface area contributed by atoms with Gasteiger partial charge >= 0.3 is 0 Å². The van der Waals surface area contributed by atoms with Crippen LogP contribution in [0.3, 0.4) is 0 Å². The fraction of sp³-hybridized carbons (Fsp3) is 0.500. The fourth-order valence-electron chi connectivity index (χ4n) is 1.59.